The second kappa shape index (κ2) is 5.79. The van der Waals surface area contributed by atoms with Gasteiger partial charge in [0.2, 0.25) is 0 Å². The molecule has 4 heteroatoms. The fraction of sp³-hybridized carbons (Fsp3) is 0. The molecule has 0 aromatic carbocycles. The van der Waals surface area contributed by atoms with Crippen molar-refractivity contribution in [3.8, 4) is 0 Å². The van der Waals surface area contributed by atoms with Gasteiger partial charge < -0.3 is 17.0 Å². The molecule has 0 aromatic heterocycles. The summed E-state index contributed by atoms with van der Waals surface area (Å²) in [6, 6.07) is 0. The first kappa shape index (κ1) is 13.8. The normalized spacial score (nSPS) is 16.5. The van der Waals surface area contributed by atoms with E-state index in [1.54, 1.807) is 0 Å². The van der Waals surface area contributed by atoms with Gasteiger partial charge in [-0.1, -0.05) is 6.58 Å². The van der Waals surface area contributed by atoms with Crippen LogP contribution in [0.15, 0.2) is 36.2 Å². The van der Waals surface area contributed by atoms with Crippen molar-refractivity contribution in [1.29, 1.82) is 0 Å². The Hall–Kier alpha value is 0.183. The van der Waals surface area contributed by atoms with E-state index in [-0.39, 0.29) is 42.0 Å². The molecule has 11 heavy (non-hydrogen) atoms. The number of rotatable bonds is 0. The van der Waals surface area contributed by atoms with Crippen molar-refractivity contribution >= 4 is 0 Å². The predicted octanol–water partition coefficient (Wildman–Crippen LogP) is -0.531. The summed E-state index contributed by atoms with van der Waals surface area (Å²) in [7, 11) is 0. The van der Waals surface area contributed by atoms with Crippen LogP contribution < -0.4 is 17.0 Å². The summed E-state index contributed by atoms with van der Waals surface area (Å²) in [4.78, 5) is 0. The van der Waals surface area contributed by atoms with Crippen molar-refractivity contribution in [2.24, 2.45) is 0 Å². The van der Waals surface area contributed by atoms with Crippen LogP contribution in [-0.4, -0.2) is 0 Å². The Kier molecular flexibility index (Phi) is 7.23. The van der Waals surface area contributed by atoms with Gasteiger partial charge in [-0.15, -0.1) is 0 Å². The van der Waals surface area contributed by atoms with Crippen LogP contribution in [0.4, 0.5) is 8.78 Å². The summed E-state index contributed by atoms with van der Waals surface area (Å²) in [5.74, 6) is -0.457. The Morgan fingerprint density at radius 2 is 1.73 bits per heavy atom. The summed E-state index contributed by atoms with van der Waals surface area (Å²) >= 11 is 0. The van der Waals surface area contributed by atoms with Crippen LogP contribution in [-0.2, 0) is 19.5 Å². The summed E-state index contributed by atoms with van der Waals surface area (Å²) in [5, 5.41) is 0. The van der Waals surface area contributed by atoms with Gasteiger partial charge >= 0.3 is 0 Å². The second-order valence-electron chi connectivity index (χ2n) is 1.74. The van der Waals surface area contributed by atoms with Gasteiger partial charge in [-0.25, -0.2) is 8.78 Å². The molecule has 0 aliphatic heterocycles. The van der Waals surface area contributed by atoms with E-state index >= 15 is 0 Å². The zero-order chi connectivity index (χ0) is 6.85. The van der Waals surface area contributed by atoms with Gasteiger partial charge in [0.25, 0.3) is 0 Å². The molecule has 0 amide bonds. The van der Waals surface area contributed by atoms with Crippen molar-refractivity contribution < 1.29 is 45.2 Å². The Morgan fingerprint density at radius 1 is 1.18 bits per heavy atom. The van der Waals surface area contributed by atoms with E-state index < -0.39 is 12.0 Å². The van der Waals surface area contributed by atoms with E-state index in [1.165, 1.54) is 0 Å². The van der Waals surface area contributed by atoms with Crippen LogP contribution in [0.25, 0.3) is 0 Å². The summed E-state index contributed by atoms with van der Waals surface area (Å²) in [6.07, 6.45) is 2.69. The standard InChI is InChI=1S/C7H5F2.BrH.Zn/c1-5-4-6(8)2-3-7(5)9;;/h2-4H,1H2;1H;/p-1. The first-order valence-electron chi connectivity index (χ1n) is 2.47. The van der Waals surface area contributed by atoms with E-state index in [2.05, 4.69) is 6.58 Å². The number of hydrogen-bond donors (Lipinski definition) is 0. The number of halogens is 3. The maximum absolute atomic E-state index is 12.3. The van der Waals surface area contributed by atoms with Crippen molar-refractivity contribution in [2.45, 2.75) is 0 Å². The minimum Gasteiger partial charge on any atom is -1.00 e. The zero-order valence-corrected chi connectivity index (χ0v) is 10.3. The molecule has 0 fully saturated rings. The van der Waals surface area contributed by atoms with E-state index in [4.69, 9.17) is 0 Å². The molecule has 0 atom stereocenters. The van der Waals surface area contributed by atoms with Crippen molar-refractivity contribution in [2.75, 3.05) is 0 Å². The van der Waals surface area contributed by atoms with Crippen LogP contribution >= 0.6 is 0 Å². The minimum absolute atomic E-state index is 0. The SMILES string of the molecule is C=C1C=C(F)C=C[C]1F.[Br-].[Zn]. The fourth-order valence-electron chi connectivity index (χ4n) is 0.543. The van der Waals surface area contributed by atoms with Gasteiger partial charge in [-0.2, -0.15) is 0 Å². The fourth-order valence-corrected chi connectivity index (χ4v) is 0.543. The molecule has 1 radical (unpaired) electrons. The van der Waals surface area contributed by atoms with Crippen molar-refractivity contribution in [3.05, 3.63) is 42.4 Å². The molecule has 0 heterocycles. The summed E-state index contributed by atoms with van der Waals surface area (Å²) < 4.78 is 24.4. The van der Waals surface area contributed by atoms with E-state index in [9.17, 15) is 8.78 Å². The van der Waals surface area contributed by atoms with Gasteiger partial charge in [0.15, 0.2) is 6.17 Å². The van der Waals surface area contributed by atoms with E-state index in [1.807, 2.05) is 0 Å². The quantitative estimate of drug-likeness (QED) is 0.520. The van der Waals surface area contributed by atoms with Gasteiger partial charge in [0, 0.05) is 19.5 Å². The first-order chi connectivity index (χ1) is 4.20. The van der Waals surface area contributed by atoms with Gasteiger partial charge in [-0.05, 0) is 23.8 Å². The number of allylic oxidation sites excluding steroid dienone is 5. The molecule has 0 saturated carbocycles. The van der Waals surface area contributed by atoms with E-state index in [0.717, 1.165) is 18.2 Å². The third-order valence-electron chi connectivity index (χ3n) is 1.01. The van der Waals surface area contributed by atoms with Gasteiger partial charge in [0.05, 0.1) is 0 Å². The maximum Gasteiger partial charge on any atom is 0.195 e. The molecule has 57 valence electrons. The average molecular weight is 272 g/mol. The average Bonchev–Trinajstić information content (AvgIpc) is 1.80. The van der Waals surface area contributed by atoms with Crippen LogP contribution in [0.2, 0.25) is 0 Å². The third kappa shape index (κ3) is 3.92. The number of hydrogen-bond acceptors (Lipinski definition) is 0. The Labute approximate surface area is 87.6 Å². The predicted molar refractivity (Wildman–Crippen MR) is 31.8 cm³/mol. The molecule has 0 saturated heterocycles. The van der Waals surface area contributed by atoms with Gasteiger partial charge in [0.1, 0.15) is 5.83 Å². The molecule has 0 nitrogen and oxygen atoms in total. The first-order valence-corrected chi connectivity index (χ1v) is 2.47. The second-order valence-corrected chi connectivity index (χ2v) is 1.74. The largest absolute Gasteiger partial charge is 1.00 e. The van der Waals surface area contributed by atoms with Crippen molar-refractivity contribution in [3.63, 3.8) is 0 Å². The minimum atomic E-state index is -0.476. The van der Waals surface area contributed by atoms with Crippen molar-refractivity contribution in [1.82, 2.24) is 0 Å². The van der Waals surface area contributed by atoms with Gasteiger partial charge in [-0.3, -0.25) is 0 Å². The maximum atomic E-state index is 12.3. The zero-order valence-electron chi connectivity index (χ0n) is 5.78. The molecule has 1 aliphatic rings. The molecule has 1 rings (SSSR count). The molecular weight excluding hydrogens is 267 g/mol. The third-order valence-corrected chi connectivity index (χ3v) is 1.01. The molecule has 0 N–H and O–H groups in total. The monoisotopic (exact) mass is 270 g/mol. The molecule has 0 aromatic rings. The van der Waals surface area contributed by atoms with Crippen LogP contribution in [0.1, 0.15) is 0 Å². The molecule has 0 unspecified atom stereocenters. The molecular formula is C7H5BrF2Zn-. The Balaban J connectivity index is 0. The molecule has 0 bridgehead atoms. The topological polar surface area (TPSA) is 0 Å². The Morgan fingerprint density at radius 3 is 2.09 bits per heavy atom. The van der Waals surface area contributed by atoms with Crippen LogP contribution in [0.5, 0.6) is 0 Å². The Bertz CT molecular complexity index is 199. The smallest absolute Gasteiger partial charge is 0.195 e. The van der Waals surface area contributed by atoms with Crippen LogP contribution in [0.3, 0.4) is 0 Å². The molecule has 0 spiro atoms. The summed E-state index contributed by atoms with van der Waals surface area (Å²) in [5.41, 5.74) is 0.0926. The summed E-state index contributed by atoms with van der Waals surface area (Å²) in [6.45, 7) is 3.27. The van der Waals surface area contributed by atoms with Crippen LogP contribution in [0, 0.1) is 6.17 Å². The molecule has 1 aliphatic carbocycles. The van der Waals surface area contributed by atoms with E-state index in [0.29, 0.717) is 0 Å².